The second-order valence-electron chi connectivity index (χ2n) is 15.5. The molecule has 2 saturated heterocycles. The van der Waals surface area contributed by atoms with Crippen LogP contribution in [0.3, 0.4) is 0 Å². The molecule has 8 heteroatoms. The number of piperidine rings is 2. The summed E-state index contributed by atoms with van der Waals surface area (Å²) in [5, 5.41) is 4.28. The molecule has 0 radical (unpaired) electrons. The van der Waals surface area contributed by atoms with Gasteiger partial charge in [0.25, 0.3) is 0 Å². The van der Waals surface area contributed by atoms with E-state index in [1.807, 2.05) is 0 Å². The van der Waals surface area contributed by atoms with Gasteiger partial charge in [0.1, 0.15) is 12.2 Å². The minimum Gasteiger partial charge on any atom is -0.462 e. The van der Waals surface area contributed by atoms with Gasteiger partial charge < -0.3 is 9.47 Å². The Labute approximate surface area is 255 Å². The van der Waals surface area contributed by atoms with E-state index in [4.69, 9.17) is 19.1 Å². The van der Waals surface area contributed by atoms with Crippen molar-refractivity contribution in [2.45, 2.75) is 181 Å². The van der Waals surface area contributed by atoms with Crippen LogP contribution in [-0.4, -0.2) is 70.6 Å². The molecule has 0 bridgehead atoms. The number of carbonyl (C=O) groups excluding carboxylic acids is 2. The summed E-state index contributed by atoms with van der Waals surface area (Å²) in [6.45, 7) is 18.8. The Kier molecular flexibility index (Phi) is 10.8. The number of esters is 2. The lowest BCUT2D eigenvalue weighted by Gasteiger charge is -2.56. The molecule has 4 aliphatic rings. The third-order valence-electron chi connectivity index (χ3n) is 11.9. The molecule has 4 fully saturated rings. The molecule has 2 aliphatic heterocycles. The van der Waals surface area contributed by atoms with Crippen LogP contribution < -0.4 is 0 Å². The summed E-state index contributed by atoms with van der Waals surface area (Å²) in [7, 11) is 0. The summed E-state index contributed by atoms with van der Waals surface area (Å²) < 4.78 is 12.1. The highest BCUT2D eigenvalue weighted by Crippen LogP contribution is 2.47. The molecule has 0 aromatic carbocycles. The zero-order valence-electron chi connectivity index (χ0n) is 28.0. The lowest BCUT2D eigenvalue weighted by atomic mass is 9.67. The average molecular weight is 593 g/mol. The molecule has 0 N–H and O–H groups in total. The van der Waals surface area contributed by atoms with Crippen LogP contribution in [-0.2, 0) is 28.7 Å². The summed E-state index contributed by atoms with van der Waals surface area (Å²) in [6.07, 6.45) is 13.5. The molecule has 0 spiro atoms. The zero-order chi connectivity index (χ0) is 30.8. The average Bonchev–Trinajstić information content (AvgIpc) is 2.94. The van der Waals surface area contributed by atoms with Crippen molar-refractivity contribution in [3.8, 4) is 0 Å². The first-order valence-electron chi connectivity index (χ1n) is 16.9. The Balaban J connectivity index is 1.25. The highest BCUT2D eigenvalue weighted by Gasteiger charge is 2.54. The van der Waals surface area contributed by atoms with Crippen LogP contribution in [0.15, 0.2) is 0 Å². The number of hydroxylamine groups is 4. The number of hydrogen-bond donors (Lipinski definition) is 0. The Bertz CT molecular complexity index is 845. The first-order valence-corrected chi connectivity index (χ1v) is 16.9. The molecule has 0 amide bonds. The van der Waals surface area contributed by atoms with Crippen molar-refractivity contribution < 1.29 is 28.7 Å². The summed E-state index contributed by atoms with van der Waals surface area (Å²) in [6, 6.07) is 0. The molecule has 0 aromatic rings. The number of carbonyl (C=O) groups is 2. The van der Waals surface area contributed by atoms with Crippen molar-refractivity contribution >= 4 is 11.9 Å². The fourth-order valence-electron chi connectivity index (χ4n) is 7.30. The Morgan fingerprint density at radius 1 is 0.548 bits per heavy atom. The van der Waals surface area contributed by atoms with Gasteiger partial charge in [-0.25, -0.2) is 0 Å². The van der Waals surface area contributed by atoms with Crippen molar-refractivity contribution in [2.75, 3.05) is 13.1 Å². The molecule has 2 heterocycles. The predicted octanol–water partition coefficient (Wildman–Crippen LogP) is 7.14. The van der Waals surface area contributed by atoms with E-state index in [0.29, 0.717) is 12.8 Å². The number of nitrogens with zero attached hydrogens (tertiary/aromatic N) is 2. The molecule has 2 aliphatic carbocycles. The highest BCUT2D eigenvalue weighted by molar-refractivity contribution is 5.78. The lowest BCUT2D eigenvalue weighted by Crippen LogP contribution is -2.64. The van der Waals surface area contributed by atoms with E-state index < -0.39 is 0 Å². The molecular formula is C34H60N2O6. The van der Waals surface area contributed by atoms with Gasteiger partial charge in [-0.05, 0) is 53.4 Å². The van der Waals surface area contributed by atoms with Gasteiger partial charge in [0, 0.05) is 47.8 Å². The summed E-state index contributed by atoms with van der Waals surface area (Å²) in [5.74, 6) is -0.671. The summed E-state index contributed by atoms with van der Waals surface area (Å²) in [4.78, 5) is 38.9. The van der Waals surface area contributed by atoms with Gasteiger partial charge in [0.05, 0.1) is 25.0 Å². The maximum atomic E-state index is 13.0. The molecule has 2 unspecified atom stereocenters. The van der Waals surface area contributed by atoms with E-state index in [0.717, 1.165) is 38.8 Å². The fourth-order valence-corrected chi connectivity index (χ4v) is 7.30. The van der Waals surface area contributed by atoms with E-state index in [1.165, 1.54) is 38.5 Å². The number of rotatable bonds is 9. The normalized spacial score (nSPS) is 30.5. The van der Waals surface area contributed by atoms with Crippen LogP contribution in [0.2, 0.25) is 0 Å². The van der Waals surface area contributed by atoms with Crippen molar-refractivity contribution in [3.63, 3.8) is 0 Å². The first kappa shape index (κ1) is 33.7. The van der Waals surface area contributed by atoms with E-state index >= 15 is 0 Å². The number of hydrogen-bond acceptors (Lipinski definition) is 8. The van der Waals surface area contributed by atoms with Crippen LogP contribution >= 0.6 is 0 Å². The second-order valence-corrected chi connectivity index (χ2v) is 15.5. The largest absolute Gasteiger partial charge is 0.462 e. The van der Waals surface area contributed by atoms with E-state index in [1.54, 1.807) is 0 Å². The minimum atomic E-state index is -0.335. The predicted molar refractivity (Wildman–Crippen MR) is 163 cm³/mol. The van der Waals surface area contributed by atoms with Crippen molar-refractivity contribution in [1.29, 1.82) is 0 Å². The van der Waals surface area contributed by atoms with Gasteiger partial charge in [0.15, 0.2) is 0 Å². The van der Waals surface area contributed by atoms with Gasteiger partial charge in [0.2, 0.25) is 0 Å². The van der Waals surface area contributed by atoms with Crippen molar-refractivity contribution in [2.24, 2.45) is 10.8 Å². The summed E-state index contributed by atoms with van der Waals surface area (Å²) in [5.41, 5.74) is -1.25. The Morgan fingerprint density at radius 3 is 1.21 bits per heavy atom. The SMILES string of the molecule is CC1(C)C(OC(=O)CCC(=O)OC2CCN(OC3CCCCC3)C(C)(C)C2(C)C)CCN(OC2CCCCC2)C1(C)C. The zero-order valence-corrected chi connectivity index (χ0v) is 28.0. The van der Waals surface area contributed by atoms with Crippen LogP contribution in [0.4, 0.5) is 0 Å². The maximum absolute atomic E-state index is 13.0. The molecule has 242 valence electrons. The fraction of sp³-hybridized carbons (Fsp3) is 0.941. The standard InChI is InChI=1S/C34H60N2O6/c1-31(2)27(21-23-35(33(31,5)6)41-25-15-11-9-12-16-25)39-29(37)19-20-30(38)40-28-22-24-36(34(7,8)32(28,3)4)42-26-17-13-10-14-18-26/h25-28H,9-24H2,1-8H3. The van der Waals surface area contributed by atoms with Crippen molar-refractivity contribution in [1.82, 2.24) is 10.1 Å². The van der Waals surface area contributed by atoms with Gasteiger partial charge in [-0.1, -0.05) is 66.2 Å². The molecule has 8 nitrogen and oxygen atoms in total. The molecule has 42 heavy (non-hydrogen) atoms. The molecule has 0 aromatic heterocycles. The molecular weight excluding hydrogens is 532 g/mol. The lowest BCUT2D eigenvalue weighted by molar-refractivity contribution is -0.303. The van der Waals surface area contributed by atoms with E-state index in [9.17, 15) is 9.59 Å². The van der Waals surface area contributed by atoms with Crippen LogP contribution in [0.1, 0.15) is 145 Å². The molecule has 2 atom stereocenters. The molecule has 2 saturated carbocycles. The minimum absolute atomic E-state index is 0.0294. The van der Waals surface area contributed by atoms with E-state index in [-0.39, 0.29) is 71.1 Å². The van der Waals surface area contributed by atoms with Crippen LogP contribution in [0.5, 0.6) is 0 Å². The third kappa shape index (κ3) is 7.18. The van der Waals surface area contributed by atoms with Gasteiger partial charge in [-0.3, -0.25) is 19.3 Å². The van der Waals surface area contributed by atoms with Gasteiger partial charge >= 0.3 is 11.9 Å². The van der Waals surface area contributed by atoms with Crippen LogP contribution in [0, 0.1) is 10.8 Å². The molecule has 4 rings (SSSR count). The quantitative estimate of drug-likeness (QED) is 0.262. The topological polar surface area (TPSA) is 77.5 Å². The van der Waals surface area contributed by atoms with Gasteiger partial charge in [-0.2, -0.15) is 10.1 Å². The highest BCUT2D eigenvalue weighted by atomic mass is 16.7. The summed E-state index contributed by atoms with van der Waals surface area (Å²) >= 11 is 0. The third-order valence-corrected chi connectivity index (χ3v) is 11.9. The monoisotopic (exact) mass is 592 g/mol. The maximum Gasteiger partial charge on any atom is 0.306 e. The van der Waals surface area contributed by atoms with E-state index in [2.05, 4.69) is 65.5 Å². The van der Waals surface area contributed by atoms with Crippen molar-refractivity contribution in [3.05, 3.63) is 0 Å². The Morgan fingerprint density at radius 2 is 0.881 bits per heavy atom. The Hall–Kier alpha value is -1.22. The van der Waals surface area contributed by atoms with Crippen LogP contribution in [0.25, 0.3) is 0 Å². The second kappa shape index (κ2) is 13.4. The smallest absolute Gasteiger partial charge is 0.306 e. The first-order chi connectivity index (χ1) is 19.7. The number of ether oxygens (including phenoxy) is 2. The van der Waals surface area contributed by atoms with Gasteiger partial charge in [-0.15, -0.1) is 0 Å².